The van der Waals surface area contributed by atoms with Crippen molar-refractivity contribution < 1.29 is 21.2 Å². The smallest absolute Gasteiger partial charge is 0.264 e. The molecule has 0 aliphatic heterocycles. The van der Waals surface area contributed by atoms with E-state index in [-0.39, 0.29) is 11.4 Å². The van der Waals surface area contributed by atoms with Crippen molar-refractivity contribution in [2.24, 2.45) is 0 Å². The van der Waals surface area contributed by atoms with Crippen LogP contribution >= 0.6 is 10.7 Å². The van der Waals surface area contributed by atoms with Gasteiger partial charge in [0.25, 0.3) is 9.05 Å². The molecule has 0 saturated heterocycles. The van der Waals surface area contributed by atoms with E-state index >= 15 is 0 Å². The van der Waals surface area contributed by atoms with Crippen LogP contribution in [-0.2, 0) is 19.1 Å². The molecular formula is C8H9ClFNO4S2. The second-order valence-electron chi connectivity index (χ2n) is 3.09. The molecule has 17 heavy (non-hydrogen) atoms. The first-order chi connectivity index (χ1) is 7.65. The van der Waals surface area contributed by atoms with Crippen molar-refractivity contribution in [1.29, 1.82) is 0 Å². The van der Waals surface area contributed by atoms with Crippen LogP contribution in [0.4, 0.5) is 10.1 Å². The zero-order chi connectivity index (χ0) is 13.3. The summed E-state index contributed by atoms with van der Waals surface area (Å²) in [5.41, 5.74) is -0.0617. The Kier molecular flexibility index (Phi) is 4.00. The molecule has 0 radical (unpaired) electrons. The first-order valence-corrected chi connectivity index (χ1v) is 8.36. The number of hydrogen-bond acceptors (Lipinski definition) is 4. The van der Waals surface area contributed by atoms with Crippen LogP contribution in [0.3, 0.4) is 0 Å². The highest BCUT2D eigenvalue weighted by molar-refractivity contribution is 8.13. The number of anilines is 1. The minimum absolute atomic E-state index is 0.0617. The molecule has 0 spiro atoms. The number of nitrogens with one attached hydrogen (secondary N) is 1. The standard InChI is InChI=1S/C8H9ClFNO4S2/c1-2-16(12,13)11-6-3-4-8(7(10)5-6)17(9,14)15/h3-5,11H,2H2,1H3. The maximum absolute atomic E-state index is 13.3. The molecule has 1 aromatic rings. The minimum atomic E-state index is -4.18. The van der Waals surface area contributed by atoms with Gasteiger partial charge in [-0.05, 0) is 25.1 Å². The third-order valence-electron chi connectivity index (χ3n) is 1.85. The Labute approximate surface area is 103 Å². The highest BCUT2D eigenvalue weighted by Gasteiger charge is 2.17. The topological polar surface area (TPSA) is 80.3 Å². The van der Waals surface area contributed by atoms with Crippen LogP contribution in [-0.4, -0.2) is 22.6 Å². The zero-order valence-corrected chi connectivity index (χ0v) is 11.0. The van der Waals surface area contributed by atoms with E-state index in [1.165, 1.54) is 6.92 Å². The van der Waals surface area contributed by atoms with Gasteiger partial charge in [0.05, 0.1) is 11.4 Å². The van der Waals surface area contributed by atoms with Gasteiger partial charge in [0.15, 0.2) is 0 Å². The molecule has 1 N–H and O–H groups in total. The van der Waals surface area contributed by atoms with Gasteiger partial charge >= 0.3 is 0 Å². The molecule has 0 bridgehead atoms. The number of halogens is 2. The van der Waals surface area contributed by atoms with Gasteiger partial charge in [0.1, 0.15) is 10.7 Å². The molecule has 0 amide bonds. The average molecular weight is 302 g/mol. The Balaban J connectivity index is 3.15. The van der Waals surface area contributed by atoms with Gasteiger partial charge in [-0.15, -0.1) is 0 Å². The molecule has 5 nitrogen and oxygen atoms in total. The van der Waals surface area contributed by atoms with Gasteiger partial charge in [-0.1, -0.05) is 0 Å². The molecule has 1 aromatic carbocycles. The van der Waals surface area contributed by atoms with E-state index < -0.39 is 29.8 Å². The number of rotatable bonds is 4. The van der Waals surface area contributed by atoms with Gasteiger partial charge in [-0.3, -0.25) is 4.72 Å². The van der Waals surface area contributed by atoms with Gasteiger partial charge in [-0.2, -0.15) is 0 Å². The predicted octanol–water partition coefficient (Wildman–Crippen LogP) is 1.51. The molecule has 0 heterocycles. The summed E-state index contributed by atoms with van der Waals surface area (Å²) < 4.78 is 59.6. The fourth-order valence-electron chi connectivity index (χ4n) is 1.01. The van der Waals surface area contributed by atoms with Crippen molar-refractivity contribution in [3.63, 3.8) is 0 Å². The molecule has 0 saturated carbocycles. The molecular weight excluding hydrogens is 293 g/mol. The van der Waals surface area contributed by atoms with Crippen molar-refractivity contribution >= 4 is 35.4 Å². The molecule has 0 atom stereocenters. The van der Waals surface area contributed by atoms with Crippen LogP contribution < -0.4 is 4.72 Å². The lowest BCUT2D eigenvalue weighted by atomic mass is 10.3. The van der Waals surface area contributed by atoms with Crippen molar-refractivity contribution in [2.75, 3.05) is 10.5 Å². The first-order valence-electron chi connectivity index (χ1n) is 4.40. The summed E-state index contributed by atoms with van der Waals surface area (Å²) in [6.07, 6.45) is 0. The summed E-state index contributed by atoms with van der Waals surface area (Å²) in [6.45, 7) is 1.41. The SMILES string of the molecule is CCS(=O)(=O)Nc1ccc(S(=O)(=O)Cl)c(F)c1. The zero-order valence-electron chi connectivity index (χ0n) is 8.64. The molecule has 0 aliphatic rings. The summed E-state index contributed by atoms with van der Waals surface area (Å²) >= 11 is 0. The Morgan fingerprint density at radius 3 is 2.29 bits per heavy atom. The molecule has 0 aromatic heterocycles. The summed E-state index contributed by atoms with van der Waals surface area (Å²) in [4.78, 5) is -0.696. The maximum atomic E-state index is 13.3. The molecule has 0 aliphatic carbocycles. The highest BCUT2D eigenvalue weighted by atomic mass is 35.7. The Hall–Kier alpha value is -0.860. The van der Waals surface area contributed by atoms with E-state index in [0.717, 1.165) is 18.2 Å². The molecule has 1 rings (SSSR count). The van der Waals surface area contributed by atoms with Crippen molar-refractivity contribution in [3.05, 3.63) is 24.0 Å². The fourth-order valence-corrected chi connectivity index (χ4v) is 2.54. The summed E-state index contributed by atoms with van der Waals surface area (Å²) in [6, 6.07) is 2.76. The van der Waals surface area contributed by atoms with Crippen molar-refractivity contribution in [2.45, 2.75) is 11.8 Å². The summed E-state index contributed by atoms with van der Waals surface area (Å²) in [7, 11) is -2.75. The Morgan fingerprint density at radius 1 is 1.29 bits per heavy atom. The monoisotopic (exact) mass is 301 g/mol. The summed E-state index contributed by atoms with van der Waals surface area (Å²) in [5.74, 6) is -1.29. The van der Waals surface area contributed by atoms with E-state index in [1.54, 1.807) is 0 Å². The van der Waals surface area contributed by atoms with E-state index in [1.807, 2.05) is 0 Å². The van der Waals surface area contributed by atoms with Gasteiger partial charge in [0.2, 0.25) is 10.0 Å². The van der Waals surface area contributed by atoms with Gasteiger partial charge < -0.3 is 0 Å². The molecule has 9 heteroatoms. The Bertz CT molecular complexity index is 627. The van der Waals surface area contributed by atoms with Crippen molar-refractivity contribution in [1.82, 2.24) is 0 Å². The van der Waals surface area contributed by atoms with Crippen LogP contribution in [0.15, 0.2) is 23.1 Å². The quantitative estimate of drug-likeness (QED) is 0.855. The minimum Gasteiger partial charge on any atom is -0.283 e. The first kappa shape index (κ1) is 14.2. The number of hydrogen-bond donors (Lipinski definition) is 1. The average Bonchev–Trinajstić information content (AvgIpc) is 2.15. The van der Waals surface area contributed by atoms with Crippen LogP contribution in [0.1, 0.15) is 6.92 Å². The lowest BCUT2D eigenvalue weighted by Crippen LogP contribution is -2.14. The van der Waals surface area contributed by atoms with Crippen LogP contribution in [0.25, 0.3) is 0 Å². The van der Waals surface area contributed by atoms with Crippen LogP contribution in [0.5, 0.6) is 0 Å². The van der Waals surface area contributed by atoms with E-state index in [0.29, 0.717) is 0 Å². The van der Waals surface area contributed by atoms with E-state index in [9.17, 15) is 21.2 Å². The van der Waals surface area contributed by atoms with Gasteiger partial charge in [-0.25, -0.2) is 21.2 Å². The predicted molar refractivity (Wildman–Crippen MR) is 62.5 cm³/mol. The molecule has 96 valence electrons. The second-order valence-corrected chi connectivity index (χ2v) is 7.63. The van der Waals surface area contributed by atoms with Gasteiger partial charge in [0, 0.05) is 10.7 Å². The maximum Gasteiger partial charge on any atom is 0.264 e. The van der Waals surface area contributed by atoms with Crippen LogP contribution in [0, 0.1) is 5.82 Å². The summed E-state index contributed by atoms with van der Waals surface area (Å²) in [5, 5.41) is 0. The van der Waals surface area contributed by atoms with E-state index in [2.05, 4.69) is 4.72 Å². The number of benzene rings is 1. The third-order valence-corrected chi connectivity index (χ3v) is 4.51. The van der Waals surface area contributed by atoms with Crippen molar-refractivity contribution in [3.8, 4) is 0 Å². The van der Waals surface area contributed by atoms with E-state index in [4.69, 9.17) is 10.7 Å². The highest BCUT2D eigenvalue weighted by Crippen LogP contribution is 2.22. The van der Waals surface area contributed by atoms with Crippen LogP contribution in [0.2, 0.25) is 0 Å². The molecule has 0 fully saturated rings. The second kappa shape index (κ2) is 4.79. The lowest BCUT2D eigenvalue weighted by molar-refractivity contribution is 0.576. The number of sulfonamides is 1. The fraction of sp³-hybridized carbons (Fsp3) is 0.250. The Morgan fingerprint density at radius 2 is 1.88 bits per heavy atom. The molecule has 0 unspecified atom stereocenters. The largest absolute Gasteiger partial charge is 0.283 e. The normalized spacial score (nSPS) is 12.4. The lowest BCUT2D eigenvalue weighted by Gasteiger charge is -2.06. The third kappa shape index (κ3) is 3.83.